The summed E-state index contributed by atoms with van der Waals surface area (Å²) in [5, 5.41) is 11.6. The van der Waals surface area contributed by atoms with Crippen molar-refractivity contribution in [3.63, 3.8) is 0 Å². The highest BCUT2D eigenvalue weighted by Crippen LogP contribution is 2.22. The number of ether oxygens (including phenoxy) is 1. The molecule has 0 aliphatic carbocycles. The molecule has 27 heavy (non-hydrogen) atoms. The van der Waals surface area contributed by atoms with Crippen molar-refractivity contribution in [2.24, 2.45) is 4.99 Å². The highest BCUT2D eigenvalue weighted by molar-refractivity contribution is 7.10. The normalized spacial score (nSPS) is 14.0. The Balaban J connectivity index is 2.54. The van der Waals surface area contributed by atoms with Crippen LogP contribution in [0.3, 0.4) is 0 Å². The Morgan fingerprint density at radius 1 is 1.26 bits per heavy atom. The fourth-order valence-electron chi connectivity index (χ4n) is 2.36. The van der Waals surface area contributed by atoms with E-state index >= 15 is 0 Å². The standard InChI is InChI=1S/C19H35N5O2S/c1-18(2,3)26-17(25)23-19(4,5)13-22-16(20-6)21-12-14(24(7)8)15-10-9-11-27-15/h9-11,14H,12-13H2,1-8H3,(H,23,25)(H2,20,21,22). The number of nitrogens with zero attached hydrogens (tertiary/aromatic N) is 2. The van der Waals surface area contributed by atoms with Crippen molar-refractivity contribution in [3.8, 4) is 0 Å². The minimum Gasteiger partial charge on any atom is -0.444 e. The molecule has 1 amide bonds. The van der Waals surface area contributed by atoms with Gasteiger partial charge in [-0.05, 0) is 60.2 Å². The molecule has 7 nitrogen and oxygen atoms in total. The third-order valence-electron chi connectivity index (χ3n) is 3.72. The van der Waals surface area contributed by atoms with Crippen LogP contribution in [-0.4, -0.2) is 62.3 Å². The van der Waals surface area contributed by atoms with Gasteiger partial charge in [0.1, 0.15) is 5.60 Å². The van der Waals surface area contributed by atoms with Crippen LogP contribution < -0.4 is 16.0 Å². The van der Waals surface area contributed by atoms with Crippen LogP contribution in [0.1, 0.15) is 45.5 Å². The van der Waals surface area contributed by atoms with Gasteiger partial charge in [0.05, 0.1) is 11.6 Å². The van der Waals surface area contributed by atoms with E-state index < -0.39 is 17.2 Å². The van der Waals surface area contributed by atoms with E-state index in [1.165, 1.54) is 4.88 Å². The fraction of sp³-hybridized carbons (Fsp3) is 0.684. The largest absolute Gasteiger partial charge is 0.444 e. The van der Waals surface area contributed by atoms with Gasteiger partial charge in [-0.15, -0.1) is 11.3 Å². The molecule has 1 atom stereocenters. The number of thiophene rings is 1. The van der Waals surface area contributed by atoms with Gasteiger partial charge in [-0.2, -0.15) is 0 Å². The van der Waals surface area contributed by atoms with E-state index in [-0.39, 0.29) is 6.04 Å². The number of amides is 1. The quantitative estimate of drug-likeness (QED) is 0.487. The lowest BCUT2D eigenvalue weighted by molar-refractivity contribution is 0.0474. The van der Waals surface area contributed by atoms with Crippen LogP contribution in [0.4, 0.5) is 4.79 Å². The van der Waals surface area contributed by atoms with Gasteiger partial charge < -0.3 is 25.6 Å². The van der Waals surface area contributed by atoms with Crippen LogP contribution >= 0.6 is 11.3 Å². The molecule has 0 spiro atoms. The molecule has 1 aromatic heterocycles. The summed E-state index contributed by atoms with van der Waals surface area (Å²) >= 11 is 1.74. The molecule has 8 heteroatoms. The van der Waals surface area contributed by atoms with Crippen molar-refractivity contribution in [2.75, 3.05) is 34.2 Å². The van der Waals surface area contributed by atoms with E-state index in [1.807, 2.05) is 34.6 Å². The van der Waals surface area contributed by atoms with E-state index in [4.69, 9.17) is 4.74 Å². The lowest BCUT2D eigenvalue weighted by atomic mass is 10.1. The number of hydrogen-bond acceptors (Lipinski definition) is 5. The summed E-state index contributed by atoms with van der Waals surface area (Å²) in [7, 11) is 5.87. The number of alkyl carbamates (subject to hydrolysis) is 1. The summed E-state index contributed by atoms with van der Waals surface area (Å²) in [6, 6.07) is 4.46. The summed E-state index contributed by atoms with van der Waals surface area (Å²) in [5.41, 5.74) is -1.01. The zero-order valence-electron chi connectivity index (χ0n) is 17.8. The zero-order chi connectivity index (χ0) is 20.7. The number of guanidine groups is 1. The third-order valence-corrected chi connectivity index (χ3v) is 4.69. The first-order valence-electron chi connectivity index (χ1n) is 9.09. The van der Waals surface area contributed by atoms with Gasteiger partial charge in [-0.3, -0.25) is 4.99 Å². The Bertz CT molecular complexity index is 606. The first-order chi connectivity index (χ1) is 12.4. The smallest absolute Gasteiger partial charge is 0.408 e. The van der Waals surface area contributed by atoms with Gasteiger partial charge in [-0.25, -0.2) is 4.79 Å². The van der Waals surface area contributed by atoms with Crippen molar-refractivity contribution < 1.29 is 9.53 Å². The number of likely N-dealkylation sites (N-methyl/N-ethyl adjacent to an activating group) is 1. The van der Waals surface area contributed by atoms with Crippen LogP contribution in [0.2, 0.25) is 0 Å². The number of nitrogens with one attached hydrogen (secondary N) is 3. The highest BCUT2D eigenvalue weighted by Gasteiger charge is 2.25. The second-order valence-electron chi connectivity index (χ2n) is 8.31. The molecule has 0 aromatic carbocycles. The molecule has 3 N–H and O–H groups in total. The van der Waals surface area contributed by atoms with E-state index in [2.05, 4.69) is 57.5 Å². The fourth-order valence-corrected chi connectivity index (χ4v) is 3.28. The summed E-state index contributed by atoms with van der Waals surface area (Å²) in [6.45, 7) is 10.6. The SMILES string of the molecule is CN=C(NCC(c1cccs1)N(C)C)NCC(C)(C)NC(=O)OC(C)(C)C. The molecule has 0 saturated carbocycles. The maximum absolute atomic E-state index is 12.0. The Labute approximate surface area is 167 Å². The van der Waals surface area contributed by atoms with Crippen LogP contribution in [-0.2, 0) is 4.74 Å². The second kappa shape index (κ2) is 9.94. The molecule has 1 heterocycles. The minimum absolute atomic E-state index is 0.261. The van der Waals surface area contributed by atoms with E-state index in [1.54, 1.807) is 18.4 Å². The van der Waals surface area contributed by atoms with E-state index in [9.17, 15) is 4.79 Å². The Hall–Kier alpha value is -1.80. The first kappa shape index (κ1) is 23.2. The molecule has 1 aromatic rings. The van der Waals surface area contributed by atoms with Crippen molar-refractivity contribution in [2.45, 2.75) is 51.8 Å². The molecule has 0 aliphatic rings. The average molecular weight is 398 g/mol. The van der Waals surface area contributed by atoms with Gasteiger partial charge in [0, 0.05) is 25.0 Å². The molecular weight excluding hydrogens is 362 g/mol. The minimum atomic E-state index is -0.520. The molecule has 0 radical (unpaired) electrons. The summed E-state index contributed by atoms with van der Waals surface area (Å²) in [5.74, 6) is 0.692. The van der Waals surface area contributed by atoms with Crippen molar-refractivity contribution in [1.82, 2.24) is 20.9 Å². The van der Waals surface area contributed by atoms with Crippen molar-refractivity contribution in [3.05, 3.63) is 22.4 Å². The molecule has 0 fully saturated rings. The molecule has 0 saturated heterocycles. The number of carbonyl (C=O) groups excluding carboxylic acids is 1. The van der Waals surface area contributed by atoms with Gasteiger partial charge in [0.2, 0.25) is 0 Å². The second-order valence-corrected chi connectivity index (χ2v) is 9.29. The predicted molar refractivity (Wildman–Crippen MR) is 114 cm³/mol. The molecule has 1 unspecified atom stereocenters. The first-order valence-corrected chi connectivity index (χ1v) is 9.97. The van der Waals surface area contributed by atoms with Crippen molar-refractivity contribution >= 4 is 23.4 Å². The zero-order valence-corrected chi connectivity index (χ0v) is 18.7. The third kappa shape index (κ3) is 9.10. The summed E-state index contributed by atoms with van der Waals surface area (Å²) in [4.78, 5) is 19.8. The summed E-state index contributed by atoms with van der Waals surface area (Å²) in [6.07, 6.45) is -0.428. The van der Waals surface area contributed by atoms with Crippen LogP contribution in [0.15, 0.2) is 22.5 Å². The Morgan fingerprint density at radius 2 is 1.93 bits per heavy atom. The summed E-state index contributed by atoms with van der Waals surface area (Å²) < 4.78 is 5.33. The number of carbonyl (C=O) groups is 1. The topological polar surface area (TPSA) is 78.0 Å². The Morgan fingerprint density at radius 3 is 2.41 bits per heavy atom. The van der Waals surface area contributed by atoms with E-state index in [0.29, 0.717) is 12.5 Å². The highest BCUT2D eigenvalue weighted by atomic mass is 32.1. The monoisotopic (exact) mass is 397 g/mol. The van der Waals surface area contributed by atoms with Crippen LogP contribution in [0.5, 0.6) is 0 Å². The van der Waals surface area contributed by atoms with E-state index in [0.717, 1.165) is 6.54 Å². The van der Waals surface area contributed by atoms with Gasteiger partial charge in [-0.1, -0.05) is 6.07 Å². The number of rotatable bonds is 7. The molecule has 0 bridgehead atoms. The van der Waals surface area contributed by atoms with Gasteiger partial charge >= 0.3 is 6.09 Å². The molecular formula is C19H35N5O2S. The molecule has 154 valence electrons. The molecule has 0 aliphatic heterocycles. The van der Waals surface area contributed by atoms with Crippen LogP contribution in [0.25, 0.3) is 0 Å². The molecule has 1 rings (SSSR count). The Kier molecular flexibility index (Phi) is 8.56. The van der Waals surface area contributed by atoms with Crippen molar-refractivity contribution in [1.29, 1.82) is 0 Å². The maximum Gasteiger partial charge on any atom is 0.408 e. The lowest BCUT2D eigenvalue weighted by Gasteiger charge is -2.30. The predicted octanol–water partition coefficient (Wildman–Crippen LogP) is 2.82. The average Bonchev–Trinajstić information content (AvgIpc) is 3.01. The number of hydrogen-bond donors (Lipinski definition) is 3. The van der Waals surface area contributed by atoms with Crippen LogP contribution in [0, 0.1) is 0 Å². The van der Waals surface area contributed by atoms with Gasteiger partial charge in [0.25, 0.3) is 0 Å². The lowest BCUT2D eigenvalue weighted by Crippen LogP contribution is -2.54. The maximum atomic E-state index is 12.0. The van der Waals surface area contributed by atoms with Gasteiger partial charge in [0.15, 0.2) is 5.96 Å². The number of aliphatic imine (C=N–C) groups is 1.